The summed E-state index contributed by atoms with van der Waals surface area (Å²) in [7, 11) is 1.91. The molecule has 2 atom stereocenters. The number of ether oxygens (including phenoxy) is 2. The van der Waals surface area contributed by atoms with Gasteiger partial charge in [-0.15, -0.1) is 0 Å². The van der Waals surface area contributed by atoms with E-state index in [1.807, 2.05) is 92.0 Å². The minimum absolute atomic E-state index is 0. The Kier molecular flexibility index (Phi) is 19.4. The van der Waals surface area contributed by atoms with Gasteiger partial charge in [-0.2, -0.15) is 0 Å². The van der Waals surface area contributed by atoms with Crippen molar-refractivity contribution in [3.05, 3.63) is 131 Å². The number of rotatable bonds is 12. The Morgan fingerprint density at radius 2 is 1.31 bits per heavy atom. The van der Waals surface area contributed by atoms with Crippen LogP contribution in [0.2, 0.25) is 0 Å². The van der Waals surface area contributed by atoms with Crippen LogP contribution in [0.3, 0.4) is 0 Å². The van der Waals surface area contributed by atoms with Gasteiger partial charge < -0.3 is 14.8 Å². The van der Waals surface area contributed by atoms with Crippen LogP contribution in [0.25, 0.3) is 0 Å². The quantitative estimate of drug-likeness (QED) is 0.114. The number of carbonyl (C=O) groups excluding carboxylic acids is 1. The van der Waals surface area contributed by atoms with Crippen molar-refractivity contribution in [2.45, 2.75) is 64.8 Å². The molecule has 4 aromatic rings. The van der Waals surface area contributed by atoms with Crippen LogP contribution in [0.4, 0.5) is 0 Å². The Labute approximate surface area is 304 Å². The van der Waals surface area contributed by atoms with Crippen LogP contribution < -0.4 is 14.8 Å². The molecule has 0 fully saturated rings. The van der Waals surface area contributed by atoms with Crippen molar-refractivity contribution in [1.29, 1.82) is 0 Å². The van der Waals surface area contributed by atoms with E-state index in [2.05, 4.69) is 85.7 Å². The van der Waals surface area contributed by atoms with E-state index in [-0.39, 0.29) is 24.3 Å². The van der Waals surface area contributed by atoms with Gasteiger partial charge in [0.2, 0.25) is 0 Å². The fourth-order valence-electron chi connectivity index (χ4n) is 4.56. The number of aliphatic imine (C=N–C) groups is 1. The standard InChI is InChI=1S/C19H23NO2.C18H19NO.I2.V/c1-15(20-2)8-13-19(21)17-9-11-18(12-10-17)22-14-16-6-4-3-5-7-16;1-14-7-12-18(19-14)16-8-10-17(11-9-16)20-13-15-5-3-2-4-6-15;1-2;/h3-7,9-12,15,20H,8,13-14H2,1-2H3;2-6,8-11,14H,7,12-13H2,1H3;;/t15-;14-;;/m11../s1. The van der Waals surface area contributed by atoms with E-state index in [0.717, 1.165) is 35.5 Å². The molecule has 45 heavy (non-hydrogen) atoms. The minimum atomic E-state index is 0. The van der Waals surface area contributed by atoms with Crippen molar-refractivity contribution in [3.63, 3.8) is 0 Å². The van der Waals surface area contributed by atoms with Gasteiger partial charge >= 0.3 is 0 Å². The average Bonchev–Trinajstić information content (AvgIpc) is 3.53. The van der Waals surface area contributed by atoms with Crippen molar-refractivity contribution >= 4 is 48.7 Å². The molecule has 0 bridgehead atoms. The summed E-state index contributed by atoms with van der Waals surface area (Å²) in [5.74, 6) is 1.87. The summed E-state index contributed by atoms with van der Waals surface area (Å²) >= 11 is 4.24. The third-order valence-electron chi connectivity index (χ3n) is 7.33. The van der Waals surface area contributed by atoms with Crippen molar-refractivity contribution in [2.24, 2.45) is 4.99 Å². The van der Waals surface area contributed by atoms with Gasteiger partial charge in [-0.25, -0.2) is 0 Å². The van der Waals surface area contributed by atoms with Crippen LogP contribution in [0.5, 0.6) is 11.5 Å². The van der Waals surface area contributed by atoms with E-state index in [4.69, 9.17) is 9.47 Å². The molecule has 1 radical (unpaired) electrons. The van der Waals surface area contributed by atoms with E-state index >= 15 is 0 Å². The molecule has 0 aliphatic carbocycles. The summed E-state index contributed by atoms with van der Waals surface area (Å²) in [5, 5.41) is 3.14. The Bertz CT molecular complexity index is 1400. The van der Waals surface area contributed by atoms with Gasteiger partial charge in [0.25, 0.3) is 0 Å². The Hall–Kier alpha value is -2.18. The van der Waals surface area contributed by atoms with Crippen LogP contribution in [0.15, 0.2) is 114 Å². The Morgan fingerprint density at radius 3 is 1.76 bits per heavy atom. The van der Waals surface area contributed by atoms with Gasteiger partial charge in [0.05, 0.1) is 0 Å². The second kappa shape index (κ2) is 22.4. The number of nitrogens with zero attached hydrogens (tertiary/aromatic N) is 1. The molecule has 0 unspecified atom stereocenters. The molecule has 0 saturated carbocycles. The Morgan fingerprint density at radius 1 is 0.822 bits per heavy atom. The fraction of sp³-hybridized carbons (Fsp3) is 0.297. The predicted octanol–water partition coefficient (Wildman–Crippen LogP) is 9.84. The van der Waals surface area contributed by atoms with Gasteiger partial charge in [0.1, 0.15) is 24.7 Å². The van der Waals surface area contributed by atoms with Gasteiger partial charge in [0, 0.05) is 85.6 Å². The normalized spacial score (nSPS) is 13.9. The number of halogens is 2. The van der Waals surface area contributed by atoms with Gasteiger partial charge in [-0.1, -0.05) is 60.7 Å². The van der Waals surface area contributed by atoms with E-state index in [1.165, 1.54) is 23.3 Å². The molecular weight excluding hydrogens is 825 g/mol. The average molecular weight is 868 g/mol. The fourth-order valence-corrected chi connectivity index (χ4v) is 4.56. The first-order chi connectivity index (χ1) is 21.5. The molecule has 5 nitrogen and oxygen atoms in total. The first-order valence-corrected chi connectivity index (χ1v) is 21.2. The maximum absolute atomic E-state index is 12.1. The van der Waals surface area contributed by atoms with Gasteiger partial charge in [0.15, 0.2) is 5.78 Å². The number of nitrogens with one attached hydrogen (secondary N) is 1. The molecule has 1 heterocycles. The third-order valence-corrected chi connectivity index (χ3v) is 7.33. The van der Waals surface area contributed by atoms with Crippen LogP contribution in [-0.4, -0.2) is 30.6 Å². The van der Waals surface area contributed by atoms with Gasteiger partial charge in [-0.3, -0.25) is 9.79 Å². The summed E-state index contributed by atoms with van der Waals surface area (Å²) in [6.07, 6.45) is 3.67. The number of hydrogen-bond donors (Lipinski definition) is 1. The van der Waals surface area contributed by atoms with E-state index in [9.17, 15) is 4.79 Å². The third kappa shape index (κ3) is 14.4. The summed E-state index contributed by atoms with van der Waals surface area (Å²) in [6.45, 7) is 5.39. The van der Waals surface area contributed by atoms with Crippen molar-refractivity contribution in [2.75, 3.05) is 7.05 Å². The first-order valence-electron chi connectivity index (χ1n) is 15.0. The Balaban J connectivity index is 0.000000292. The molecule has 1 aliphatic rings. The van der Waals surface area contributed by atoms with Crippen molar-refractivity contribution in [3.8, 4) is 11.5 Å². The maximum atomic E-state index is 12.1. The van der Waals surface area contributed by atoms with E-state index < -0.39 is 0 Å². The maximum Gasteiger partial charge on any atom is 0.162 e. The van der Waals surface area contributed by atoms with Crippen molar-refractivity contribution < 1.29 is 32.8 Å². The molecule has 0 saturated heterocycles. The predicted molar refractivity (Wildman–Crippen MR) is 200 cm³/mol. The first kappa shape index (κ1) is 39.0. The molecule has 0 amide bonds. The second-order valence-corrected chi connectivity index (χ2v) is 10.7. The molecule has 0 spiro atoms. The number of benzene rings is 4. The summed E-state index contributed by atoms with van der Waals surface area (Å²) in [4.78, 5) is 16.7. The minimum Gasteiger partial charge on any atom is -0.489 e. The zero-order valence-corrected chi connectivity index (χ0v) is 31.9. The molecular formula is C37H42I2N2O3V. The molecule has 1 N–H and O–H groups in total. The van der Waals surface area contributed by atoms with Crippen LogP contribution in [0.1, 0.15) is 66.6 Å². The summed E-state index contributed by atoms with van der Waals surface area (Å²) < 4.78 is 11.5. The van der Waals surface area contributed by atoms with Gasteiger partial charge in [-0.05, 0) is 105 Å². The zero-order valence-electron chi connectivity index (χ0n) is 26.2. The van der Waals surface area contributed by atoms with E-state index in [0.29, 0.717) is 31.7 Å². The van der Waals surface area contributed by atoms with Crippen LogP contribution in [0, 0.1) is 0 Å². The second-order valence-electron chi connectivity index (χ2n) is 10.7. The van der Waals surface area contributed by atoms with E-state index in [1.54, 1.807) is 0 Å². The smallest absolute Gasteiger partial charge is 0.162 e. The molecule has 8 heteroatoms. The molecule has 237 valence electrons. The molecule has 4 aromatic carbocycles. The number of ketones is 1. The number of carbonyl (C=O) groups is 1. The summed E-state index contributed by atoms with van der Waals surface area (Å²) in [5.41, 5.74) is 5.51. The largest absolute Gasteiger partial charge is 0.489 e. The summed E-state index contributed by atoms with van der Waals surface area (Å²) in [6, 6.07) is 36.8. The SMILES string of the molecule is CN[C@H](C)CCC(=O)c1ccc(OCc2ccccc2)cc1.C[C@@H]1CCC(c2ccc(OCc3ccccc3)cc2)=N1.II.[V]. The molecule has 5 rings (SSSR count). The number of hydrogen-bond acceptors (Lipinski definition) is 5. The number of Topliss-reactive ketones (excluding diaryl/α,β-unsaturated/α-hetero) is 1. The molecule has 1 aliphatic heterocycles. The van der Waals surface area contributed by atoms with Crippen LogP contribution in [-0.2, 0) is 31.8 Å². The zero-order chi connectivity index (χ0) is 31.6. The van der Waals surface area contributed by atoms with Crippen molar-refractivity contribution in [1.82, 2.24) is 5.32 Å². The molecule has 0 aromatic heterocycles. The van der Waals surface area contributed by atoms with Crippen LogP contribution >= 0.6 is 37.2 Å². The monoisotopic (exact) mass is 867 g/mol. The topological polar surface area (TPSA) is 59.9 Å².